The molecule has 0 radical (unpaired) electrons. The lowest BCUT2D eigenvalue weighted by atomic mass is 10.0. The van der Waals surface area contributed by atoms with E-state index in [0.29, 0.717) is 26.1 Å². The Morgan fingerprint density at radius 3 is 3.00 bits per heavy atom. The molecule has 1 atom stereocenters. The van der Waals surface area contributed by atoms with Crippen molar-refractivity contribution in [1.82, 2.24) is 25.9 Å². The highest BCUT2D eigenvalue weighted by molar-refractivity contribution is 5.82. The van der Waals surface area contributed by atoms with E-state index >= 15 is 0 Å². The second kappa shape index (κ2) is 5.63. The summed E-state index contributed by atoms with van der Waals surface area (Å²) in [6, 6.07) is -0.252. The summed E-state index contributed by atoms with van der Waals surface area (Å²) >= 11 is 0. The van der Waals surface area contributed by atoms with Gasteiger partial charge in [0.15, 0.2) is 0 Å². The maximum Gasteiger partial charge on any atom is 0.237 e. The number of nitrogens with one attached hydrogen (secondary N) is 4. The minimum atomic E-state index is -0.252. The van der Waals surface area contributed by atoms with E-state index in [1.54, 1.807) is 6.33 Å². The number of aromatic nitrogens is 2. The van der Waals surface area contributed by atoms with Gasteiger partial charge in [-0.25, -0.2) is 4.98 Å². The summed E-state index contributed by atoms with van der Waals surface area (Å²) < 4.78 is 0. The van der Waals surface area contributed by atoms with Crippen molar-refractivity contribution < 1.29 is 9.59 Å². The lowest BCUT2D eigenvalue weighted by Gasteiger charge is -2.22. The Kier molecular flexibility index (Phi) is 3.93. The molecular formula is C11H17N5O2. The Morgan fingerprint density at radius 1 is 1.44 bits per heavy atom. The van der Waals surface area contributed by atoms with E-state index in [0.717, 1.165) is 11.4 Å². The van der Waals surface area contributed by atoms with E-state index in [9.17, 15) is 9.59 Å². The van der Waals surface area contributed by atoms with Gasteiger partial charge in [-0.05, 0) is 0 Å². The SMILES string of the molecule is CC(=O)NCCNC(=O)C1Cc2nc[nH]c2CN1. The van der Waals surface area contributed by atoms with E-state index in [4.69, 9.17) is 0 Å². The molecule has 7 nitrogen and oxygen atoms in total. The third-order valence-electron chi connectivity index (χ3n) is 2.84. The van der Waals surface area contributed by atoms with Crippen LogP contribution < -0.4 is 16.0 Å². The predicted molar refractivity (Wildman–Crippen MR) is 64.6 cm³/mol. The average Bonchev–Trinajstić information content (AvgIpc) is 2.81. The molecule has 0 saturated carbocycles. The van der Waals surface area contributed by atoms with Crippen LogP contribution in [0.3, 0.4) is 0 Å². The van der Waals surface area contributed by atoms with Gasteiger partial charge in [0.25, 0.3) is 0 Å². The first kappa shape index (κ1) is 12.6. The molecule has 2 amide bonds. The molecule has 1 aliphatic rings. The second-order valence-electron chi connectivity index (χ2n) is 4.24. The van der Waals surface area contributed by atoms with Gasteiger partial charge in [-0.2, -0.15) is 0 Å². The van der Waals surface area contributed by atoms with E-state index in [1.807, 2.05) is 0 Å². The fourth-order valence-corrected chi connectivity index (χ4v) is 1.90. The Morgan fingerprint density at radius 2 is 2.22 bits per heavy atom. The molecule has 1 aromatic rings. The highest BCUT2D eigenvalue weighted by Crippen LogP contribution is 2.11. The van der Waals surface area contributed by atoms with Crippen molar-refractivity contribution in [2.45, 2.75) is 25.9 Å². The van der Waals surface area contributed by atoms with Crippen LogP contribution in [0.25, 0.3) is 0 Å². The Labute approximate surface area is 105 Å². The van der Waals surface area contributed by atoms with Gasteiger partial charge < -0.3 is 15.6 Å². The molecule has 0 fully saturated rings. The van der Waals surface area contributed by atoms with Crippen LogP contribution >= 0.6 is 0 Å². The second-order valence-corrected chi connectivity index (χ2v) is 4.24. The maximum absolute atomic E-state index is 11.9. The summed E-state index contributed by atoms with van der Waals surface area (Å²) in [5.41, 5.74) is 1.98. The van der Waals surface area contributed by atoms with Crippen LogP contribution in [0.5, 0.6) is 0 Å². The largest absolute Gasteiger partial charge is 0.355 e. The molecule has 4 N–H and O–H groups in total. The maximum atomic E-state index is 11.9. The number of rotatable bonds is 4. The smallest absolute Gasteiger partial charge is 0.237 e. The number of hydrogen-bond acceptors (Lipinski definition) is 4. The first-order valence-electron chi connectivity index (χ1n) is 5.93. The van der Waals surface area contributed by atoms with Gasteiger partial charge in [-0.1, -0.05) is 0 Å². The van der Waals surface area contributed by atoms with Crippen molar-refractivity contribution in [2.24, 2.45) is 0 Å². The number of imidazole rings is 1. The molecule has 1 unspecified atom stereocenters. The van der Waals surface area contributed by atoms with Crippen LogP contribution in [0.4, 0.5) is 0 Å². The number of amides is 2. The zero-order valence-electron chi connectivity index (χ0n) is 10.2. The molecule has 98 valence electrons. The molecule has 18 heavy (non-hydrogen) atoms. The van der Waals surface area contributed by atoms with Crippen molar-refractivity contribution in [3.63, 3.8) is 0 Å². The van der Waals surface area contributed by atoms with Crippen LogP contribution in [0.1, 0.15) is 18.3 Å². The topological polar surface area (TPSA) is 98.9 Å². The molecular weight excluding hydrogens is 234 g/mol. The number of H-pyrrole nitrogens is 1. The lowest BCUT2D eigenvalue weighted by Crippen LogP contribution is -2.49. The Balaban J connectivity index is 1.75. The fourth-order valence-electron chi connectivity index (χ4n) is 1.90. The van der Waals surface area contributed by atoms with Gasteiger partial charge >= 0.3 is 0 Å². The first-order chi connectivity index (χ1) is 8.66. The average molecular weight is 251 g/mol. The molecule has 0 spiro atoms. The lowest BCUT2D eigenvalue weighted by molar-refractivity contribution is -0.124. The standard InChI is InChI=1S/C11H17N5O2/c1-7(17)12-2-3-13-11(18)9-4-8-10(5-14-9)16-6-15-8/h6,9,14H,2-5H2,1H3,(H,12,17)(H,13,18)(H,15,16). The van der Waals surface area contributed by atoms with Crippen molar-refractivity contribution in [3.8, 4) is 0 Å². The minimum Gasteiger partial charge on any atom is -0.355 e. The molecule has 2 heterocycles. The number of carbonyl (C=O) groups is 2. The summed E-state index contributed by atoms with van der Waals surface area (Å²) in [5.74, 6) is -0.157. The molecule has 2 rings (SSSR count). The Bertz CT molecular complexity index is 442. The van der Waals surface area contributed by atoms with Crippen molar-refractivity contribution >= 4 is 11.8 Å². The predicted octanol–water partition coefficient (Wildman–Crippen LogP) is -1.32. The third-order valence-corrected chi connectivity index (χ3v) is 2.84. The van der Waals surface area contributed by atoms with Gasteiger partial charge in [0.1, 0.15) is 0 Å². The number of carbonyl (C=O) groups excluding carboxylic acids is 2. The fraction of sp³-hybridized carbons (Fsp3) is 0.545. The number of fused-ring (bicyclic) bond motifs is 1. The number of hydrogen-bond donors (Lipinski definition) is 4. The quantitative estimate of drug-likeness (QED) is 0.499. The highest BCUT2D eigenvalue weighted by atomic mass is 16.2. The molecule has 0 saturated heterocycles. The number of nitrogens with zero attached hydrogens (tertiary/aromatic N) is 1. The summed E-state index contributed by atoms with van der Waals surface area (Å²) in [5, 5.41) is 8.54. The molecule has 0 aromatic carbocycles. The molecule has 7 heteroatoms. The van der Waals surface area contributed by atoms with Crippen molar-refractivity contribution in [3.05, 3.63) is 17.7 Å². The van der Waals surface area contributed by atoms with E-state index < -0.39 is 0 Å². The molecule has 0 aliphatic carbocycles. The van der Waals surface area contributed by atoms with Crippen molar-refractivity contribution in [1.29, 1.82) is 0 Å². The summed E-state index contributed by atoms with van der Waals surface area (Å²) in [7, 11) is 0. The van der Waals surface area contributed by atoms with Gasteiger partial charge in [0.2, 0.25) is 11.8 Å². The highest BCUT2D eigenvalue weighted by Gasteiger charge is 2.25. The van der Waals surface area contributed by atoms with Crippen LogP contribution in [0.2, 0.25) is 0 Å². The molecule has 0 bridgehead atoms. The van der Waals surface area contributed by atoms with Crippen LogP contribution in [0.15, 0.2) is 6.33 Å². The van der Waals surface area contributed by atoms with E-state index in [1.165, 1.54) is 6.92 Å². The van der Waals surface area contributed by atoms with Gasteiger partial charge in [-0.3, -0.25) is 14.9 Å². The van der Waals surface area contributed by atoms with Crippen molar-refractivity contribution in [2.75, 3.05) is 13.1 Å². The summed E-state index contributed by atoms with van der Waals surface area (Å²) in [6.45, 7) is 2.95. The Hall–Kier alpha value is -1.89. The van der Waals surface area contributed by atoms with E-state index in [2.05, 4.69) is 25.9 Å². The van der Waals surface area contributed by atoms with Crippen LogP contribution in [-0.2, 0) is 22.6 Å². The minimum absolute atomic E-state index is 0.0611. The normalized spacial score (nSPS) is 17.9. The summed E-state index contributed by atoms with van der Waals surface area (Å²) in [4.78, 5) is 29.7. The third kappa shape index (κ3) is 3.07. The van der Waals surface area contributed by atoms with Gasteiger partial charge in [0.05, 0.1) is 23.8 Å². The van der Waals surface area contributed by atoms with E-state index in [-0.39, 0.29) is 17.9 Å². The zero-order chi connectivity index (χ0) is 13.0. The molecule has 1 aromatic heterocycles. The van der Waals surface area contributed by atoms with Gasteiger partial charge in [-0.15, -0.1) is 0 Å². The van der Waals surface area contributed by atoms with Crippen LogP contribution in [0, 0.1) is 0 Å². The van der Waals surface area contributed by atoms with Gasteiger partial charge in [0, 0.05) is 33.0 Å². The number of aromatic amines is 1. The molecule has 1 aliphatic heterocycles. The monoisotopic (exact) mass is 251 g/mol. The van der Waals surface area contributed by atoms with Crippen LogP contribution in [-0.4, -0.2) is 40.9 Å². The summed E-state index contributed by atoms with van der Waals surface area (Å²) in [6.07, 6.45) is 2.23. The first-order valence-corrected chi connectivity index (χ1v) is 5.93. The zero-order valence-corrected chi connectivity index (χ0v) is 10.2.